The summed E-state index contributed by atoms with van der Waals surface area (Å²) in [4.78, 5) is 30.8. The molecule has 1 fully saturated rings. The maximum atomic E-state index is 13.2. The first kappa shape index (κ1) is 23.4. The van der Waals surface area contributed by atoms with Gasteiger partial charge >= 0.3 is 0 Å². The fourth-order valence-corrected chi connectivity index (χ4v) is 4.55. The van der Waals surface area contributed by atoms with Crippen LogP contribution in [0.5, 0.6) is 5.75 Å². The molecule has 0 bridgehead atoms. The number of likely N-dealkylation sites (tertiary alicyclic amines) is 1. The van der Waals surface area contributed by atoms with Crippen molar-refractivity contribution >= 4 is 28.4 Å². The van der Waals surface area contributed by atoms with Gasteiger partial charge in [-0.05, 0) is 29.3 Å². The molecule has 0 radical (unpaired) electrons. The highest BCUT2D eigenvalue weighted by atomic mass is 16.5. The largest absolute Gasteiger partial charge is 0.507 e. The average Bonchev–Trinajstić information content (AvgIpc) is 3.46. The zero-order valence-electron chi connectivity index (χ0n) is 19.8. The number of rotatable bonds is 8. The third-order valence-corrected chi connectivity index (χ3v) is 6.36. The second-order valence-electron chi connectivity index (χ2n) is 8.58. The smallest absolute Gasteiger partial charge is 0.295 e. The number of carbonyl (C=O) groups is 2. The molecule has 2 heterocycles. The second kappa shape index (κ2) is 10.1. The van der Waals surface area contributed by atoms with Gasteiger partial charge in [-0.1, -0.05) is 60.7 Å². The Kier molecular flexibility index (Phi) is 6.56. The minimum Gasteiger partial charge on any atom is -0.507 e. The maximum Gasteiger partial charge on any atom is 0.295 e. The Morgan fingerprint density at radius 2 is 1.69 bits per heavy atom. The van der Waals surface area contributed by atoms with Crippen molar-refractivity contribution in [1.82, 2.24) is 9.88 Å². The normalized spacial score (nSPS) is 17.1. The fourth-order valence-electron chi connectivity index (χ4n) is 4.55. The minimum absolute atomic E-state index is 0.0545. The molecule has 1 saturated heterocycles. The zero-order valence-corrected chi connectivity index (χ0v) is 19.8. The number of nitrogens with zero attached hydrogens (tertiary/aromatic N) is 1. The summed E-state index contributed by atoms with van der Waals surface area (Å²) in [6, 6.07) is 23.8. The van der Waals surface area contributed by atoms with Gasteiger partial charge in [0.05, 0.1) is 18.2 Å². The summed E-state index contributed by atoms with van der Waals surface area (Å²) < 4.78 is 11.1. The van der Waals surface area contributed by atoms with Crippen molar-refractivity contribution in [2.75, 3.05) is 20.3 Å². The van der Waals surface area contributed by atoms with E-state index in [1.54, 1.807) is 18.3 Å². The van der Waals surface area contributed by atoms with Crippen LogP contribution in [-0.2, 0) is 20.9 Å². The van der Waals surface area contributed by atoms with Crippen LogP contribution in [0.2, 0.25) is 0 Å². The number of fused-ring (bicyclic) bond motifs is 1. The van der Waals surface area contributed by atoms with E-state index in [1.165, 1.54) is 12.0 Å². The molecule has 4 aromatic rings. The lowest BCUT2D eigenvalue weighted by Gasteiger charge is -2.25. The van der Waals surface area contributed by atoms with E-state index in [1.807, 2.05) is 66.7 Å². The Hall–Kier alpha value is -4.36. The number of aliphatic hydroxyl groups excluding tert-OH is 1. The van der Waals surface area contributed by atoms with Crippen molar-refractivity contribution in [1.29, 1.82) is 0 Å². The van der Waals surface area contributed by atoms with Gasteiger partial charge in [-0.3, -0.25) is 9.59 Å². The van der Waals surface area contributed by atoms with Gasteiger partial charge in [-0.25, -0.2) is 0 Å². The lowest BCUT2D eigenvalue weighted by atomic mass is 9.95. The highest BCUT2D eigenvalue weighted by Crippen LogP contribution is 2.40. The van der Waals surface area contributed by atoms with E-state index in [9.17, 15) is 14.7 Å². The number of nitrogens with one attached hydrogen (secondary N) is 1. The molecule has 1 unspecified atom stereocenters. The third kappa shape index (κ3) is 4.36. The molecule has 182 valence electrons. The third-order valence-electron chi connectivity index (χ3n) is 6.36. The summed E-state index contributed by atoms with van der Waals surface area (Å²) >= 11 is 0. The van der Waals surface area contributed by atoms with Crippen molar-refractivity contribution in [3.8, 4) is 5.75 Å². The van der Waals surface area contributed by atoms with Gasteiger partial charge in [0.15, 0.2) is 0 Å². The standard InChI is InChI=1S/C29H26N2O5/c1-35-16-15-31-26(20-11-13-21(14-12-20)36-18-19-7-3-2-4-8-19)25(28(33)29(31)34)27(32)23-17-30-24-10-6-5-9-22(23)24/h2-14,17,26,30,32H,15-16,18H2,1H3/b27-25-. The van der Waals surface area contributed by atoms with Crippen LogP contribution in [0, 0.1) is 0 Å². The van der Waals surface area contributed by atoms with Crippen LogP contribution in [-0.4, -0.2) is 46.9 Å². The molecule has 1 amide bonds. The number of H-pyrrole nitrogens is 1. The number of ether oxygens (including phenoxy) is 2. The Morgan fingerprint density at radius 1 is 0.972 bits per heavy atom. The lowest BCUT2D eigenvalue weighted by Crippen LogP contribution is -2.32. The Balaban J connectivity index is 1.51. The van der Waals surface area contributed by atoms with Gasteiger partial charge in [0.25, 0.3) is 11.7 Å². The van der Waals surface area contributed by atoms with Crippen LogP contribution >= 0.6 is 0 Å². The second-order valence-corrected chi connectivity index (χ2v) is 8.58. The number of hydrogen-bond acceptors (Lipinski definition) is 5. The van der Waals surface area contributed by atoms with E-state index < -0.39 is 17.7 Å². The summed E-state index contributed by atoms with van der Waals surface area (Å²) in [6.45, 7) is 0.893. The van der Waals surface area contributed by atoms with E-state index in [2.05, 4.69) is 4.98 Å². The summed E-state index contributed by atoms with van der Waals surface area (Å²) in [6.07, 6.45) is 1.65. The number of carbonyl (C=O) groups excluding carboxylic acids is 2. The number of Topliss-reactive ketones (excluding diaryl/α,β-unsaturated/α-hetero) is 1. The van der Waals surface area contributed by atoms with Gasteiger partial charge < -0.3 is 24.5 Å². The molecule has 7 heteroatoms. The van der Waals surface area contributed by atoms with Gasteiger partial charge in [0.2, 0.25) is 0 Å². The van der Waals surface area contributed by atoms with E-state index in [0.717, 1.165) is 16.5 Å². The van der Waals surface area contributed by atoms with Crippen LogP contribution in [0.25, 0.3) is 16.7 Å². The van der Waals surface area contributed by atoms with E-state index >= 15 is 0 Å². The molecule has 1 atom stereocenters. The maximum absolute atomic E-state index is 13.2. The fraction of sp³-hybridized carbons (Fsp3) is 0.172. The molecule has 0 aliphatic carbocycles. The lowest BCUT2D eigenvalue weighted by molar-refractivity contribution is -0.140. The molecule has 7 nitrogen and oxygen atoms in total. The monoisotopic (exact) mass is 482 g/mol. The SMILES string of the molecule is COCCN1C(=O)C(=O)/C(=C(\O)c2c[nH]c3ccccc23)C1c1ccc(OCc2ccccc2)cc1. The molecule has 1 aliphatic rings. The molecule has 5 rings (SSSR count). The van der Waals surface area contributed by atoms with Crippen LogP contribution < -0.4 is 4.74 Å². The van der Waals surface area contributed by atoms with E-state index in [0.29, 0.717) is 23.5 Å². The molecule has 36 heavy (non-hydrogen) atoms. The number of hydrogen-bond donors (Lipinski definition) is 2. The number of benzene rings is 3. The highest BCUT2D eigenvalue weighted by molar-refractivity contribution is 6.46. The number of para-hydroxylation sites is 1. The summed E-state index contributed by atoms with van der Waals surface area (Å²) in [5, 5.41) is 12.1. The first-order valence-electron chi connectivity index (χ1n) is 11.7. The number of amides is 1. The van der Waals surface area contributed by atoms with E-state index in [4.69, 9.17) is 9.47 Å². The topological polar surface area (TPSA) is 91.9 Å². The van der Waals surface area contributed by atoms with Crippen molar-refractivity contribution in [3.05, 3.63) is 107 Å². The predicted octanol–water partition coefficient (Wildman–Crippen LogP) is 4.82. The molecule has 1 aromatic heterocycles. The van der Waals surface area contributed by atoms with Crippen molar-refractivity contribution in [2.45, 2.75) is 12.6 Å². The quantitative estimate of drug-likeness (QED) is 0.214. The van der Waals surface area contributed by atoms with Crippen molar-refractivity contribution in [2.24, 2.45) is 0 Å². The number of aliphatic hydroxyl groups is 1. The van der Waals surface area contributed by atoms with Gasteiger partial charge in [-0.2, -0.15) is 0 Å². The van der Waals surface area contributed by atoms with Crippen molar-refractivity contribution < 1.29 is 24.2 Å². The Morgan fingerprint density at radius 3 is 2.44 bits per heavy atom. The predicted molar refractivity (Wildman–Crippen MR) is 136 cm³/mol. The number of methoxy groups -OCH3 is 1. The molecule has 0 spiro atoms. The number of aromatic amines is 1. The summed E-state index contributed by atoms with van der Waals surface area (Å²) in [5.41, 5.74) is 3.10. The molecular weight excluding hydrogens is 456 g/mol. The Bertz CT molecular complexity index is 1420. The van der Waals surface area contributed by atoms with Crippen LogP contribution in [0.4, 0.5) is 0 Å². The van der Waals surface area contributed by atoms with Gasteiger partial charge in [-0.15, -0.1) is 0 Å². The average molecular weight is 483 g/mol. The van der Waals surface area contributed by atoms with Crippen LogP contribution in [0.1, 0.15) is 22.7 Å². The molecule has 3 aromatic carbocycles. The van der Waals surface area contributed by atoms with Crippen molar-refractivity contribution in [3.63, 3.8) is 0 Å². The van der Waals surface area contributed by atoms with Gasteiger partial charge in [0.1, 0.15) is 18.1 Å². The van der Waals surface area contributed by atoms with E-state index in [-0.39, 0.29) is 24.5 Å². The molecule has 2 N–H and O–H groups in total. The number of ketones is 1. The first-order chi connectivity index (χ1) is 17.6. The minimum atomic E-state index is -0.753. The molecule has 0 saturated carbocycles. The Labute approximate surface area is 208 Å². The van der Waals surface area contributed by atoms with Crippen LogP contribution in [0.3, 0.4) is 0 Å². The number of aromatic nitrogens is 1. The summed E-state index contributed by atoms with van der Waals surface area (Å²) in [7, 11) is 1.54. The highest BCUT2D eigenvalue weighted by Gasteiger charge is 2.46. The summed E-state index contributed by atoms with van der Waals surface area (Å²) in [5.74, 6) is -0.931. The zero-order chi connectivity index (χ0) is 25.1. The van der Waals surface area contributed by atoms with Crippen LogP contribution in [0.15, 0.2) is 90.6 Å². The first-order valence-corrected chi connectivity index (χ1v) is 11.7. The van der Waals surface area contributed by atoms with Gasteiger partial charge in [0, 0.05) is 36.3 Å². The molecule has 1 aliphatic heterocycles. The molecular formula is C29H26N2O5.